The van der Waals surface area contributed by atoms with Gasteiger partial charge in [-0.15, -0.1) is 0 Å². The van der Waals surface area contributed by atoms with Crippen molar-refractivity contribution in [1.29, 1.82) is 5.26 Å². The molecule has 0 amide bonds. The van der Waals surface area contributed by atoms with Crippen LogP contribution in [0.3, 0.4) is 0 Å². The summed E-state index contributed by atoms with van der Waals surface area (Å²) in [5.41, 5.74) is 9.25. The molecule has 5 nitrogen and oxygen atoms in total. The van der Waals surface area contributed by atoms with Gasteiger partial charge in [-0.2, -0.15) is 9.66 Å². The van der Waals surface area contributed by atoms with Gasteiger partial charge in [-0.3, -0.25) is 0 Å². The summed E-state index contributed by atoms with van der Waals surface area (Å²) >= 11 is 0. The van der Waals surface area contributed by atoms with Crippen LogP contribution in [0.4, 0.5) is 0 Å². The van der Waals surface area contributed by atoms with E-state index in [0.29, 0.717) is 16.7 Å². The van der Waals surface area contributed by atoms with Gasteiger partial charge in [0.2, 0.25) is 0 Å². The highest BCUT2D eigenvalue weighted by Crippen LogP contribution is 2.43. The number of aromatic nitrogens is 2. The van der Waals surface area contributed by atoms with Crippen LogP contribution in [0.1, 0.15) is 11.1 Å². The minimum absolute atomic E-state index is 0.574. The van der Waals surface area contributed by atoms with Crippen LogP contribution in [0.2, 0.25) is 0 Å². The highest BCUT2D eigenvalue weighted by molar-refractivity contribution is 6.25. The number of benzene rings is 5. The van der Waals surface area contributed by atoms with Crippen LogP contribution >= 0.6 is 0 Å². The van der Waals surface area contributed by atoms with E-state index in [0.717, 1.165) is 60.3 Å². The van der Waals surface area contributed by atoms with E-state index in [9.17, 15) is 5.26 Å². The molecular formula is C34H20N3O2+. The van der Waals surface area contributed by atoms with E-state index in [4.69, 9.17) is 8.83 Å². The lowest BCUT2D eigenvalue weighted by Gasteiger charge is -2.07. The van der Waals surface area contributed by atoms with E-state index in [1.54, 1.807) is 6.07 Å². The van der Waals surface area contributed by atoms with Crippen molar-refractivity contribution in [2.24, 2.45) is 7.05 Å². The average molecular weight is 503 g/mol. The Hall–Kier alpha value is -5.34. The first-order chi connectivity index (χ1) is 19.1. The van der Waals surface area contributed by atoms with Gasteiger partial charge in [-0.25, -0.2) is 4.57 Å². The number of aryl methyl sites for hydroxylation is 2. The number of pyridine rings is 1. The Balaban J connectivity index is 1.56. The van der Waals surface area contributed by atoms with E-state index < -0.39 is 0 Å². The van der Waals surface area contributed by atoms with Crippen LogP contribution in [0, 0.1) is 18.3 Å². The molecule has 0 radical (unpaired) electrons. The van der Waals surface area contributed by atoms with E-state index in [2.05, 4.69) is 95.7 Å². The van der Waals surface area contributed by atoms with E-state index in [1.807, 2.05) is 12.1 Å². The second-order valence-corrected chi connectivity index (χ2v) is 10.4. The Kier molecular flexibility index (Phi) is 3.68. The van der Waals surface area contributed by atoms with Crippen molar-refractivity contribution in [2.75, 3.05) is 0 Å². The number of nitrogens with zero attached hydrogens (tertiary/aromatic N) is 3. The van der Waals surface area contributed by atoms with Crippen LogP contribution in [-0.4, -0.2) is 4.40 Å². The fourth-order valence-electron chi connectivity index (χ4n) is 6.64. The Morgan fingerprint density at radius 2 is 1.44 bits per heavy atom. The summed E-state index contributed by atoms with van der Waals surface area (Å²) < 4.78 is 17.8. The summed E-state index contributed by atoms with van der Waals surface area (Å²) in [5.74, 6) is 0. The molecule has 4 aromatic heterocycles. The molecule has 0 N–H and O–H groups in total. The van der Waals surface area contributed by atoms with Crippen LogP contribution in [0.5, 0.6) is 0 Å². The maximum Gasteiger partial charge on any atom is 0.295 e. The molecule has 0 aliphatic carbocycles. The topological polar surface area (TPSA) is 58.4 Å². The van der Waals surface area contributed by atoms with Crippen molar-refractivity contribution in [2.45, 2.75) is 6.92 Å². The fraction of sp³-hybridized carbons (Fsp3) is 0.0588. The highest BCUT2D eigenvalue weighted by atomic mass is 16.4. The molecule has 0 atom stereocenters. The minimum Gasteiger partial charge on any atom is -0.452 e. The number of furan rings is 2. The van der Waals surface area contributed by atoms with Crippen LogP contribution < -0.4 is 4.57 Å². The van der Waals surface area contributed by atoms with Gasteiger partial charge in [-0.05, 0) is 67.1 Å². The van der Waals surface area contributed by atoms with Gasteiger partial charge in [0.05, 0.1) is 24.1 Å². The Bertz CT molecular complexity index is 2590. The second kappa shape index (κ2) is 6.94. The van der Waals surface area contributed by atoms with Crippen molar-refractivity contribution in [1.82, 2.24) is 4.40 Å². The first-order valence-corrected chi connectivity index (χ1v) is 13.0. The second-order valence-electron chi connectivity index (χ2n) is 10.4. The molecule has 0 aliphatic rings. The highest BCUT2D eigenvalue weighted by Gasteiger charge is 2.27. The Morgan fingerprint density at radius 1 is 0.718 bits per heavy atom. The lowest BCUT2D eigenvalue weighted by molar-refractivity contribution is -0.617. The molecule has 0 bridgehead atoms. The van der Waals surface area contributed by atoms with Gasteiger partial charge in [0.1, 0.15) is 5.58 Å². The molecule has 0 unspecified atom stereocenters. The maximum atomic E-state index is 9.38. The van der Waals surface area contributed by atoms with Gasteiger partial charge < -0.3 is 8.83 Å². The number of rotatable bonds is 0. The minimum atomic E-state index is 0.574. The van der Waals surface area contributed by atoms with Crippen molar-refractivity contribution >= 4 is 82.2 Å². The Morgan fingerprint density at radius 3 is 2.28 bits per heavy atom. The summed E-state index contributed by atoms with van der Waals surface area (Å²) in [6, 6.07) is 31.5. The Labute approximate surface area is 221 Å². The van der Waals surface area contributed by atoms with Crippen LogP contribution in [0.25, 0.3) is 82.2 Å². The number of hydrogen-bond acceptors (Lipinski definition) is 3. The molecule has 4 heterocycles. The quantitative estimate of drug-likeness (QED) is 0.155. The predicted octanol–water partition coefficient (Wildman–Crippen LogP) is 8.20. The lowest BCUT2D eigenvalue weighted by atomic mass is 10.0. The molecule has 182 valence electrons. The standard InChI is InChI=1S/C34H20N3O2/c1-18-6-5-7-21-22-12-13-24-25-15-14-23-20-11-10-19(17-35)16-28(20)38-32(23)33(25)39-31(24)30(22)37-27-9-4-3-8-26(27)36(2)34(37)29(18)21/h3-16H,1-2H3/q+1. The number of nitriles is 1. The van der Waals surface area contributed by atoms with E-state index >= 15 is 0 Å². The molecule has 39 heavy (non-hydrogen) atoms. The van der Waals surface area contributed by atoms with Crippen molar-refractivity contribution < 1.29 is 13.4 Å². The van der Waals surface area contributed by atoms with Gasteiger partial charge in [0, 0.05) is 32.3 Å². The zero-order valence-electron chi connectivity index (χ0n) is 21.2. The zero-order chi connectivity index (χ0) is 26.0. The van der Waals surface area contributed by atoms with Gasteiger partial charge in [0.25, 0.3) is 5.65 Å². The normalized spacial score (nSPS) is 12.3. The van der Waals surface area contributed by atoms with Crippen LogP contribution in [-0.2, 0) is 7.05 Å². The van der Waals surface area contributed by atoms with E-state index in [1.165, 1.54) is 16.3 Å². The first-order valence-electron chi connectivity index (χ1n) is 13.0. The predicted molar refractivity (Wildman–Crippen MR) is 155 cm³/mol. The van der Waals surface area contributed by atoms with Gasteiger partial charge >= 0.3 is 0 Å². The number of hydrogen-bond donors (Lipinski definition) is 0. The summed E-state index contributed by atoms with van der Waals surface area (Å²) in [6.07, 6.45) is 0. The molecule has 0 aliphatic heterocycles. The zero-order valence-corrected chi connectivity index (χ0v) is 21.2. The van der Waals surface area contributed by atoms with Crippen molar-refractivity contribution in [3.8, 4) is 6.07 Å². The summed E-state index contributed by atoms with van der Waals surface area (Å²) in [7, 11) is 2.14. The van der Waals surface area contributed by atoms with Crippen molar-refractivity contribution in [3.63, 3.8) is 0 Å². The third kappa shape index (κ3) is 2.42. The monoisotopic (exact) mass is 502 g/mol. The number of fused-ring (bicyclic) bond motifs is 16. The fourth-order valence-corrected chi connectivity index (χ4v) is 6.64. The molecule has 0 fully saturated rings. The SMILES string of the molecule is Cc1cccc2c3ccc4c5ccc6c7ccc(C#N)cc7oc6c5oc4c3n3c4ccccc4[n+](C)c3c12. The third-order valence-electron chi connectivity index (χ3n) is 8.37. The summed E-state index contributed by atoms with van der Waals surface area (Å²) in [6.45, 7) is 2.18. The molecule has 9 aromatic rings. The van der Waals surface area contributed by atoms with Gasteiger partial charge in [-0.1, -0.05) is 30.3 Å². The van der Waals surface area contributed by atoms with Crippen molar-refractivity contribution in [3.05, 3.63) is 96.1 Å². The molecule has 5 aromatic carbocycles. The molecule has 0 spiro atoms. The maximum absolute atomic E-state index is 9.38. The molecule has 9 rings (SSSR count). The van der Waals surface area contributed by atoms with Crippen LogP contribution in [0.15, 0.2) is 93.8 Å². The number of para-hydroxylation sites is 2. The molecule has 5 heteroatoms. The molecule has 0 saturated heterocycles. The first kappa shape index (κ1) is 20.7. The smallest absolute Gasteiger partial charge is 0.295 e. The lowest BCUT2D eigenvalue weighted by Crippen LogP contribution is -2.27. The average Bonchev–Trinajstić information content (AvgIpc) is 3.62. The third-order valence-corrected chi connectivity index (χ3v) is 8.37. The number of imidazole rings is 1. The summed E-state index contributed by atoms with van der Waals surface area (Å²) in [4.78, 5) is 0. The molecular weight excluding hydrogens is 482 g/mol. The molecule has 0 saturated carbocycles. The summed E-state index contributed by atoms with van der Waals surface area (Å²) in [5, 5.41) is 17.0. The van der Waals surface area contributed by atoms with E-state index in [-0.39, 0.29) is 0 Å². The largest absolute Gasteiger partial charge is 0.452 e. The van der Waals surface area contributed by atoms with Gasteiger partial charge in [0.15, 0.2) is 33.3 Å².